The van der Waals surface area contributed by atoms with Gasteiger partial charge in [0, 0.05) is 32.1 Å². The molecule has 31 heavy (non-hydrogen) atoms. The fourth-order valence-electron chi connectivity index (χ4n) is 4.77. The van der Waals surface area contributed by atoms with Crippen LogP contribution in [0.4, 0.5) is 0 Å². The van der Waals surface area contributed by atoms with Gasteiger partial charge >= 0.3 is 0 Å². The van der Waals surface area contributed by atoms with Gasteiger partial charge in [-0.2, -0.15) is 0 Å². The normalized spacial score (nSPS) is 19.1. The van der Waals surface area contributed by atoms with E-state index in [0.717, 1.165) is 64.2 Å². The van der Waals surface area contributed by atoms with Crippen LogP contribution in [0.25, 0.3) is 0 Å². The van der Waals surface area contributed by atoms with E-state index in [1.807, 2.05) is 11.9 Å². The van der Waals surface area contributed by atoms with E-state index in [2.05, 4.69) is 54.8 Å². The molecule has 3 rings (SSSR count). The van der Waals surface area contributed by atoms with E-state index in [-0.39, 0.29) is 23.8 Å². The van der Waals surface area contributed by atoms with Gasteiger partial charge in [-0.25, -0.2) is 0 Å². The quantitative estimate of drug-likeness (QED) is 0.666. The fraction of sp³-hybridized carbons (Fsp3) is 0.692. The lowest BCUT2D eigenvalue weighted by Crippen LogP contribution is -2.48. The van der Waals surface area contributed by atoms with Crippen molar-refractivity contribution < 1.29 is 9.59 Å². The second kappa shape index (κ2) is 11.1. The Bertz CT molecular complexity index is 715. The van der Waals surface area contributed by atoms with E-state index in [0.29, 0.717) is 6.54 Å². The first-order valence-corrected chi connectivity index (χ1v) is 12.2. The molecular weight excluding hydrogens is 386 g/mol. The molecule has 0 saturated carbocycles. The molecule has 0 atom stereocenters. The highest BCUT2D eigenvalue weighted by Crippen LogP contribution is 2.24. The van der Waals surface area contributed by atoms with Crippen molar-refractivity contribution in [3.8, 4) is 0 Å². The summed E-state index contributed by atoms with van der Waals surface area (Å²) < 4.78 is 0. The van der Waals surface area contributed by atoms with Crippen LogP contribution in [0.1, 0.15) is 57.1 Å². The van der Waals surface area contributed by atoms with E-state index in [1.54, 1.807) is 0 Å². The summed E-state index contributed by atoms with van der Waals surface area (Å²) >= 11 is 0. The number of amides is 2. The molecule has 0 N–H and O–H groups in total. The first kappa shape index (κ1) is 23.8. The maximum Gasteiger partial charge on any atom is 0.236 e. The Morgan fingerprint density at radius 2 is 1.61 bits per heavy atom. The average Bonchev–Trinajstić information content (AvgIpc) is 2.78. The van der Waals surface area contributed by atoms with Crippen molar-refractivity contribution in [3.63, 3.8) is 0 Å². The van der Waals surface area contributed by atoms with Gasteiger partial charge in [-0.15, -0.1) is 0 Å². The summed E-state index contributed by atoms with van der Waals surface area (Å²) in [6.45, 7) is 10.2. The summed E-state index contributed by atoms with van der Waals surface area (Å²) in [5.74, 6) is 1.36. The van der Waals surface area contributed by atoms with Gasteiger partial charge in [-0.3, -0.25) is 14.5 Å². The predicted octanol–water partition coefficient (Wildman–Crippen LogP) is 3.75. The van der Waals surface area contributed by atoms with Gasteiger partial charge in [0.1, 0.15) is 0 Å². The van der Waals surface area contributed by atoms with Crippen molar-refractivity contribution in [2.24, 2.45) is 11.8 Å². The van der Waals surface area contributed by atoms with Crippen LogP contribution in [0.5, 0.6) is 0 Å². The van der Waals surface area contributed by atoms with Crippen LogP contribution < -0.4 is 0 Å². The minimum absolute atomic E-state index is 0.114. The third-order valence-corrected chi connectivity index (χ3v) is 7.35. The zero-order chi connectivity index (χ0) is 22.4. The Kier molecular flexibility index (Phi) is 8.53. The molecule has 2 heterocycles. The van der Waals surface area contributed by atoms with Gasteiger partial charge in [0.2, 0.25) is 11.8 Å². The van der Waals surface area contributed by atoms with Gasteiger partial charge < -0.3 is 9.80 Å². The third kappa shape index (κ3) is 6.80. The van der Waals surface area contributed by atoms with Crippen LogP contribution in [0, 0.1) is 18.8 Å². The number of benzene rings is 1. The van der Waals surface area contributed by atoms with Crippen LogP contribution in [0.3, 0.4) is 0 Å². The summed E-state index contributed by atoms with van der Waals surface area (Å²) in [5, 5.41) is 0. The minimum Gasteiger partial charge on any atom is -0.343 e. The molecular formula is C26H41N3O2. The third-order valence-electron chi connectivity index (χ3n) is 7.35. The maximum atomic E-state index is 12.8. The molecule has 0 aliphatic carbocycles. The second-order valence-corrected chi connectivity index (χ2v) is 9.94. The Hall–Kier alpha value is -1.88. The van der Waals surface area contributed by atoms with E-state index < -0.39 is 0 Å². The van der Waals surface area contributed by atoms with Crippen LogP contribution >= 0.6 is 0 Å². The smallest absolute Gasteiger partial charge is 0.236 e. The van der Waals surface area contributed by atoms with Crippen molar-refractivity contribution in [3.05, 3.63) is 35.4 Å². The number of hydrogen-bond acceptors (Lipinski definition) is 3. The highest BCUT2D eigenvalue weighted by molar-refractivity contribution is 5.79. The SMILES string of the molecule is Cc1ccc(CCC2CCN(C(=O)CN3CCC(C(=O)N(C)C(C)C)CC3)CC2)cc1. The van der Waals surface area contributed by atoms with E-state index in [9.17, 15) is 9.59 Å². The second-order valence-electron chi connectivity index (χ2n) is 9.94. The molecule has 172 valence electrons. The van der Waals surface area contributed by atoms with Gasteiger partial charge in [-0.1, -0.05) is 29.8 Å². The molecule has 2 aliphatic rings. The molecule has 0 spiro atoms. The predicted molar refractivity (Wildman–Crippen MR) is 126 cm³/mol. The lowest BCUT2D eigenvalue weighted by Gasteiger charge is -2.36. The van der Waals surface area contributed by atoms with Crippen LogP contribution in [0.15, 0.2) is 24.3 Å². The summed E-state index contributed by atoms with van der Waals surface area (Å²) in [5.41, 5.74) is 2.74. The average molecular weight is 428 g/mol. The molecule has 1 aromatic rings. The summed E-state index contributed by atoms with van der Waals surface area (Å²) in [6, 6.07) is 9.11. The molecule has 2 amide bonds. The Balaban J connectivity index is 1.35. The van der Waals surface area contributed by atoms with Crippen molar-refractivity contribution in [2.75, 3.05) is 39.8 Å². The van der Waals surface area contributed by atoms with Crippen LogP contribution in [-0.2, 0) is 16.0 Å². The summed E-state index contributed by atoms with van der Waals surface area (Å²) in [6.07, 6.45) is 6.33. The van der Waals surface area contributed by atoms with Gasteiger partial charge in [0.15, 0.2) is 0 Å². The van der Waals surface area contributed by atoms with Crippen LogP contribution in [0.2, 0.25) is 0 Å². The largest absolute Gasteiger partial charge is 0.343 e. The number of nitrogens with zero attached hydrogens (tertiary/aromatic N) is 3. The molecule has 2 saturated heterocycles. The number of piperidine rings is 2. The number of rotatable bonds is 7. The molecule has 5 heteroatoms. The van der Waals surface area contributed by atoms with Crippen molar-refractivity contribution >= 4 is 11.8 Å². The fourth-order valence-corrected chi connectivity index (χ4v) is 4.77. The first-order chi connectivity index (χ1) is 14.8. The lowest BCUT2D eigenvalue weighted by atomic mass is 9.90. The Morgan fingerprint density at radius 1 is 1.00 bits per heavy atom. The highest BCUT2D eigenvalue weighted by Gasteiger charge is 2.30. The molecule has 0 bridgehead atoms. The van der Waals surface area contributed by atoms with Crippen molar-refractivity contribution in [1.82, 2.24) is 14.7 Å². The maximum absolute atomic E-state index is 12.8. The number of carbonyl (C=O) groups excluding carboxylic acids is 2. The Labute approximate surface area is 188 Å². The molecule has 0 radical (unpaired) electrons. The lowest BCUT2D eigenvalue weighted by molar-refractivity contribution is -0.138. The number of carbonyl (C=O) groups is 2. The topological polar surface area (TPSA) is 43.9 Å². The monoisotopic (exact) mass is 427 g/mol. The van der Waals surface area contributed by atoms with Gasteiger partial charge in [-0.05, 0) is 83.9 Å². The molecule has 2 aliphatic heterocycles. The molecule has 5 nitrogen and oxygen atoms in total. The zero-order valence-electron chi connectivity index (χ0n) is 20.0. The molecule has 0 aromatic heterocycles. The van der Waals surface area contributed by atoms with E-state index in [1.165, 1.54) is 17.5 Å². The number of aryl methyl sites for hydroxylation is 2. The van der Waals surface area contributed by atoms with Gasteiger partial charge in [0.25, 0.3) is 0 Å². The van der Waals surface area contributed by atoms with Gasteiger partial charge in [0.05, 0.1) is 6.54 Å². The Morgan fingerprint density at radius 3 is 2.19 bits per heavy atom. The highest BCUT2D eigenvalue weighted by atomic mass is 16.2. The standard InChI is InChI=1S/C26H41N3O2/c1-20(2)27(4)26(31)24-13-15-28(16-14-24)19-25(30)29-17-11-23(12-18-29)10-9-22-7-5-21(3)6-8-22/h5-8,20,23-24H,9-19H2,1-4H3. The van der Waals surface area contributed by atoms with Crippen molar-refractivity contribution in [2.45, 2.75) is 65.3 Å². The molecule has 0 unspecified atom stereocenters. The number of hydrogen-bond donors (Lipinski definition) is 0. The zero-order valence-corrected chi connectivity index (χ0v) is 20.0. The summed E-state index contributed by atoms with van der Waals surface area (Å²) in [4.78, 5) is 31.5. The minimum atomic E-state index is 0.114. The van der Waals surface area contributed by atoms with Crippen molar-refractivity contribution in [1.29, 1.82) is 0 Å². The van der Waals surface area contributed by atoms with Crippen LogP contribution in [-0.4, -0.2) is 72.3 Å². The summed E-state index contributed by atoms with van der Waals surface area (Å²) in [7, 11) is 1.90. The number of likely N-dealkylation sites (tertiary alicyclic amines) is 2. The first-order valence-electron chi connectivity index (χ1n) is 12.2. The molecule has 2 fully saturated rings. The van der Waals surface area contributed by atoms with E-state index >= 15 is 0 Å². The van der Waals surface area contributed by atoms with E-state index in [4.69, 9.17) is 0 Å². The molecule has 1 aromatic carbocycles.